The number of hydrogen-bond donors (Lipinski definition) is 0. The van der Waals surface area contributed by atoms with Gasteiger partial charge < -0.3 is 18.7 Å². The Morgan fingerprint density at radius 1 is 0.608 bits per heavy atom. The van der Waals surface area contributed by atoms with Gasteiger partial charge in [-0.05, 0) is 36.1 Å². The van der Waals surface area contributed by atoms with Gasteiger partial charge in [-0.1, -0.05) is 152 Å². The number of esters is 1. The van der Waals surface area contributed by atoms with E-state index in [1.165, 1.54) is 6.92 Å². The van der Waals surface area contributed by atoms with E-state index in [4.69, 9.17) is 39.6 Å². The van der Waals surface area contributed by atoms with Gasteiger partial charge >= 0.3 is 18.7 Å². The van der Waals surface area contributed by atoms with Crippen LogP contribution in [0.3, 0.4) is 0 Å². The molecule has 0 amide bonds. The first-order valence-electron chi connectivity index (χ1n) is 16.6. The van der Waals surface area contributed by atoms with Crippen LogP contribution in [0.5, 0.6) is 0 Å². The molecular weight excluding hydrogens is 683 g/mol. The smallest absolute Gasteiger partial charge is 0.385 e. The normalized spacial score (nSPS) is 21.7. The number of fused-ring (bicyclic) bond motifs is 1. The molecule has 0 aromatic heterocycles. The predicted molar refractivity (Wildman–Crippen MR) is 195 cm³/mol. The summed E-state index contributed by atoms with van der Waals surface area (Å²) in [5.74, 6) is -2.74. The summed E-state index contributed by atoms with van der Waals surface area (Å²) >= 11 is 6.40. The van der Waals surface area contributed by atoms with Crippen LogP contribution in [0.2, 0.25) is 0 Å². The van der Waals surface area contributed by atoms with Crippen LogP contribution in [-0.4, -0.2) is 29.9 Å². The molecule has 2 aliphatic rings. The standard InChI is InChI=1S/C41H37O8PS/c1-29(42)44-35(30-19-9-4-10-20-30)38(43)47-50(51)48-40(31-21-11-5-12-22-31,32-23-13-6-14-24-32)36-37(46-39(2,3)45-36)41(49-50,33-25-15-7-16-26-33)34-27-17-8-18-28-34/h4-28,35-37H,1-3H3/t35-,36-,37-/m1/s1. The second-order valence-corrected chi connectivity index (χ2v) is 15.6. The van der Waals surface area contributed by atoms with E-state index in [-0.39, 0.29) is 0 Å². The van der Waals surface area contributed by atoms with Crippen LogP contribution in [0.4, 0.5) is 0 Å². The Labute approximate surface area is 302 Å². The number of benzene rings is 5. The van der Waals surface area contributed by atoms with E-state index >= 15 is 0 Å². The summed E-state index contributed by atoms with van der Waals surface area (Å²) in [5, 5.41) is 0. The van der Waals surface area contributed by atoms with Gasteiger partial charge in [0, 0.05) is 24.3 Å². The lowest BCUT2D eigenvalue weighted by atomic mass is 9.72. The lowest BCUT2D eigenvalue weighted by molar-refractivity contribution is -0.178. The van der Waals surface area contributed by atoms with Crippen molar-refractivity contribution in [3.8, 4) is 0 Å². The zero-order chi connectivity index (χ0) is 35.7. The Morgan fingerprint density at radius 2 is 0.941 bits per heavy atom. The number of carbonyl (C=O) groups is 2. The fourth-order valence-corrected chi connectivity index (χ4v) is 9.70. The second kappa shape index (κ2) is 13.9. The summed E-state index contributed by atoms with van der Waals surface area (Å²) in [6.45, 7) is 0.627. The molecule has 0 spiro atoms. The third-order valence-electron chi connectivity index (χ3n) is 9.02. The molecule has 51 heavy (non-hydrogen) atoms. The lowest BCUT2D eigenvalue weighted by Gasteiger charge is -2.41. The van der Waals surface area contributed by atoms with Gasteiger partial charge in [0.2, 0.25) is 6.10 Å². The summed E-state index contributed by atoms with van der Waals surface area (Å²) in [5.41, 5.74) is 0.0399. The number of hydrogen-bond acceptors (Lipinski definition) is 9. The van der Waals surface area contributed by atoms with Crippen LogP contribution < -0.4 is 0 Å². The van der Waals surface area contributed by atoms with Gasteiger partial charge in [0.05, 0.1) is 0 Å². The van der Waals surface area contributed by atoms with E-state index in [0.717, 1.165) is 0 Å². The van der Waals surface area contributed by atoms with Crippen LogP contribution in [-0.2, 0) is 60.4 Å². The van der Waals surface area contributed by atoms with Gasteiger partial charge in [0.1, 0.15) is 12.2 Å². The fourth-order valence-electron chi connectivity index (χ4n) is 7.02. The van der Waals surface area contributed by atoms with Crippen molar-refractivity contribution in [2.24, 2.45) is 0 Å². The van der Waals surface area contributed by atoms with Gasteiger partial charge in [-0.2, -0.15) is 0 Å². The van der Waals surface area contributed by atoms with Crippen molar-refractivity contribution in [3.05, 3.63) is 179 Å². The van der Waals surface area contributed by atoms with Crippen molar-refractivity contribution < 1.29 is 37.4 Å². The predicted octanol–water partition coefficient (Wildman–Crippen LogP) is 8.51. The van der Waals surface area contributed by atoms with Crippen molar-refractivity contribution in [1.29, 1.82) is 0 Å². The van der Waals surface area contributed by atoms with E-state index in [9.17, 15) is 9.59 Å². The Balaban J connectivity index is 1.53. The molecule has 0 saturated carbocycles. The first-order chi connectivity index (χ1) is 24.6. The highest BCUT2D eigenvalue weighted by atomic mass is 32.5. The molecule has 0 radical (unpaired) electrons. The minimum absolute atomic E-state index is 0.397. The molecular formula is C41H37O8PS. The van der Waals surface area contributed by atoms with E-state index in [1.807, 2.05) is 135 Å². The molecule has 260 valence electrons. The van der Waals surface area contributed by atoms with E-state index in [1.54, 1.807) is 30.3 Å². The topological polar surface area (TPSA) is 89.5 Å². The minimum atomic E-state index is -4.30. The highest BCUT2D eigenvalue weighted by Crippen LogP contribution is 2.69. The number of carbonyl (C=O) groups excluding carboxylic acids is 2. The maximum atomic E-state index is 14.4. The van der Waals surface area contributed by atoms with Crippen LogP contribution in [0, 0.1) is 0 Å². The highest BCUT2D eigenvalue weighted by molar-refractivity contribution is 8.07. The van der Waals surface area contributed by atoms with Gasteiger partial charge in [-0.3, -0.25) is 13.8 Å². The molecule has 5 aromatic rings. The van der Waals surface area contributed by atoms with Crippen molar-refractivity contribution >= 4 is 30.5 Å². The molecule has 8 nitrogen and oxygen atoms in total. The monoisotopic (exact) mass is 720 g/mol. The molecule has 3 atom stereocenters. The van der Waals surface area contributed by atoms with Gasteiger partial charge in [-0.15, -0.1) is 0 Å². The zero-order valence-electron chi connectivity index (χ0n) is 28.3. The summed E-state index contributed by atoms with van der Waals surface area (Å²) in [7, 11) is 0. The van der Waals surface area contributed by atoms with Crippen molar-refractivity contribution in [3.63, 3.8) is 0 Å². The van der Waals surface area contributed by atoms with Crippen LogP contribution >= 0.6 is 6.72 Å². The molecule has 7 rings (SSSR count). The van der Waals surface area contributed by atoms with E-state index in [0.29, 0.717) is 27.8 Å². The molecule has 2 heterocycles. The van der Waals surface area contributed by atoms with Gasteiger partial charge in [0.25, 0.3) is 0 Å². The number of ether oxygens (including phenoxy) is 3. The number of rotatable bonds is 8. The maximum Gasteiger partial charge on any atom is 0.385 e. The fraction of sp³-hybridized carbons (Fsp3) is 0.220. The average molecular weight is 721 g/mol. The van der Waals surface area contributed by atoms with E-state index in [2.05, 4.69) is 0 Å². The average Bonchev–Trinajstić information content (AvgIpc) is 3.45. The molecule has 5 aromatic carbocycles. The maximum absolute atomic E-state index is 14.4. The first-order valence-corrected chi connectivity index (χ1v) is 19.2. The summed E-state index contributed by atoms with van der Waals surface area (Å²) in [6.07, 6.45) is -3.28. The van der Waals surface area contributed by atoms with Crippen LogP contribution in [0.25, 0.3) is 0 Å². The Kier molecular flexibility index (Phi) is 9.54. The molecule has 0 bridgehead atoms. The second-order valence-electron chi connectivity index (χ2n) is 12.9. The minimum Gasteiger partial charge on any atom is -0.446 e. The molecule has 2 fully saturated rings. The van der Waals surface area contributed by atoms with Crippen molar-refractivity contribution in [2.75, 3.05) is 0 Å². The molecule has 2 aliphatic heterocycles. The Bertz CT molecular complexity index is 1840. The lowest BCUT2D eigenvalue weighted by Crippen LogP contribution is -2.53. The molecule has 2 saturated heterocycles. The Hall–Kier alpha value is -4.47. The largest absolute Gasteiger partial charge is 0.446 e. The SMILES string of the molecule is CC(=O)O[C@@H](C(=O)OP1(=S)OC(c2ccccc2)(c2ccccc2)[C@@H]2OC(C)(C)O[C@H]2C(c2ccccc2)(c2ccccc2)O1)c1ccccc1. The third-order valence-corrected chi connectivity index (χ3v) is 11.1. The summed E-state index contributed by atoms with van der Waals surface area (Å²) in [6, 6.07) is 46.8. The highest BCUT2D eigenvalue weighted by Gasteiger charge is 2.69. The van der Waals surface area contributed by atoms with Crippen LogP contribution in [0.1, 0.15) is 54.7 Å². The van der Waals surface area contributed by atoms with Gasteiger partial charge in [-0.25, -0.2) is 4.79 Å². The quantitative estimate of drug-likeness (QED) is 0.116. The third kappa shape index (κ3) is 6.58. The molecule has 10 heteroatoms. The van der Waals surface area contributed by atoms with Crippen molar-refractivity contribution in [1.82, 2.24) is 0 Å². The van der Waals surface area contributed by atoms with Crippen LogP contribution in [0.15, 0.2) is 152 Å². The molecule has 0 N–H and O–H groups in total. The summed E-state index contributed by atoms with van der Waals surface area (Å²) < 4.78 is 40.3. The Morgan fingerprint density at radius 3 is 1.27 bits per heavy atom. The summed E-state index contributed by atoms with van der Waals surface area (Å²) in [4.78, 5) is 26.8. The molecule has 0 unspecified atom stereocenters. The molecule has 0 aliphatic carbocycles. The van der Waals surface area contributed by atoms with Crippen molar-refractivity contribution in [2.45, 2.75) is 56.1 Å². The zero-order valence-corrected chi connectivity index (χ0v) is 30.0. The first kappa shape index (κ1) is 35.0. The van der Waals surface area contributed by atoms with Gasteiger partial charge in [0.15, 0.2) is 17.0 Å². The van der Waals surface area contributed by atoms with E-state index < -0.39 is 54.0 Å².